The van der Waals surface area contributed by atoms with Gasteiger partial charge in [0, 0.05) is 11.5 Å². The van der Waals surface area contributed by atoms with Gasteiger partial charge in [-0.2, -0.15) is 0 Å². The minimum absolute atomic E-state index is 0.143. The zero-order valence-electron chi connectivity index (χ0n) is 12.4. The van der Waals surface area contributed by atoms with E-state index >= 15 is 0 Å². The van der Waals surface area contributed by atoms with Crippen LogP contribution in [0.3, 0.4) is 0 Å². The van der Waals surface area contributed by atoms with Gasteiger partial charge in [-0.25, -0.2) is 0 Å². The van der Waals surface area contributed by atoms with Crippen LogP contribution in [-0.2, 0) is 5.41 Å². The first kappa shape index (κ1) is 16.4. The lowest BCUT2D eigenvalue weighted by molar-refractivity contribution is 0.322. The van der Waals surface area contributed by atoms with Crippen molar-refractivity contribution in [1.82, 2.24) is 0 Å². The third kappa shape index (κ3) is 2.96. The van der Waals surface area contributed by atoms with Crippen molar-refractivity contribution in [3.05, 3.63) is 69.7 Å². The number of nitrogens with two attached hydrogens (primary N) is 1. The summed E-state index contributed by atoms with van der Waals surface area (Å²) in [4.78, 5) is 0. The van der Waals surface area contributed by atoms with Crippen molar-refractivity contribution in [3.8, 4) is 0 Å². The molecule has 2 aromatic carbocycles. The van der Waals surface area contributed by atoms with E-state index in [1.807, 2.05) is 18.2 Å². The van der Waals surface area contributed by atoms with E-state index in [-0.39, 0.29) is 11.5 Å². The highest BCUT2D eigenvalue weighted by Gasteiger charge is 2.37. The van der Waals surface area contributed by atoms with Crippen LogP contribution in [0.1, 0.15) is 43.9 Å². The van der Waals surface area contributed by atoms with Crippen LogP contribution in [0.4, 0.5) is 0 Å². The Morgan fingerprint density at radius 2 is 1.57 bits per heavy atom. The van der Waals surface area contributed by atoms with Crippen LogP contribution >= 0.6 is 23.2 Å². The second-order valence-electron chi connectivity index (χ2n) is 5.35. The van der Waals surface area contributed by atoms with E-state index in [2.05, 4.69) is 38.1 Å². The maximum Gasteiger partial charge on any atom is 0.0640 e. The zero-order chi connectivity index (χ0) is 15.5. The molecule has 0 heterocycles. The molecule has 0 aliphatic carbocycles. The molecule has 0 bridgehead atoms. The number of benzene rings is 2. The molecule has 0 radical (unpaired) electrons. The molecular formula is C18H21Cl2N. The van der Waals surface area contributed by atoms with Crippen molar-refractivity contribution in [2.24, 2.45) is 5.73 Å². The Bertz CT molecular complexity index is 591. The van der Waals surface area contributed by atoms with Crippen LogP contribution in [0.2, 0.25) is 10.0 Å². The van der Waals surface area contributed by atoms with Crippen LogP contribution < -0.4 is 5.73 Å². The monoisotopic (exact) mass is 321 g/mol. The highest BCUT2D eigenvalue weighted by atomic mass is 35.5. The largest absolute Gasteiger partial charge is 0.323 e. The second-order valence-corrected chi connectivity index (χ2v) is 6.14. The molecule has 0 aliphatic heterocycles. The number of hydrogen-bond donors (Lipinski definition) is 1. The van der Waals surface area contributed by atoms with E-state index in [1.165, 1.54) is 5.56 Å². The summed E-state index contributed by atoms with van der Waals surface area (Å²) in [6.45, 7) is 4.35. The molecule has 0 saturated carbocycles. The lowest BCUT2D eigenvalue weighted by Gasteiger charge is -2.39. The van der Waals surface area contributed by atoms with Crippen molar-refractivity contribution in [2.75, 3.05) is 0 Å². The smallest absolute Gasteiger partial charge is 0.0640 e. The van der Waals surface area contributed by atoms with E-state index < -0.39 is 0 Å². The quantitative estimate of drug-likeness (QED) is 0.745. The van der Waals surface area contributed by atoms with Crippen LogP contribution in [0.25, 0.3) is 0 Å². The minimum Gasteiger partial charge on any atom is -0.323 e. The molecule has 1 atom stereocenters. The summed E-state index contributed by atoms with van der Waals surface area (Å²) in [6, 6.07) is 15.9. The molecule has 2 rings (SSSR count). The SMILES string of the molecule is CCC(CC)(c1ccccc1)C(N)c1cccc(Cl)c1Cl. The van der Waals surface area contributed by atoms with E-state index in [0.717, 1.165) is 18.4 Å². The van der Waals surface area contributed by atoms with Crippen molar-refractivity contribution < 1.29 is 0 Å². The summed E-state index contributed by atoms with van der Waals surface area (Å²) in [5.74, 6) is 0. The fraction of sp³-hybridized carbons (Fsp3) is 0.333. The maximum absolute atomic E-state index is 6.65. The van der Waals surface area contributed by atoms with Gasteiger partial charge in [0.2, 0.25) is 0 Å². The van der Waals surface area contributed by atoms with Crippen molar-refractivity contribution in [3.63, 3.8) is 0 Å². The molecule has 1 unspecified atom stereocenters. The Morgan fingerprint density at radius 3 is 2.14 bits per heavy atom. The molecule has 1 nitrogen and oxygen atoms in total. The zero-order valence-corrected chi connectivity index (χ0v) is 14.0. The van der Waals surface area contributed by atoms with Crippen LogP contribution in [0.5, 0.6) is 0 Å². The second kappa shape index (κ2) is 6.83. The molecule has 2 aromatic rings. The van der Waals surface area contributed by atoms with Gasteiger partial charge in [-0.1, -0.05) is 79.5 Å². The molecule has 0 spiro atoms. The van der Waals surface area contributed by atoms with Gasteiger partial charge in [-0.15, -0.1) is 0 Å². The average Bonchev–Trinajstić information content (AvgIpc) is 2.53. The first-order valence-electron chi connectivity index (χ1n) is 7.31. The predicted octanol–water partition coefficient (Wildman–Crippen LogP) is 5.75. The van der Waals surface area contributed by atoms with Gasteiger partial charge in [-0.3, -0.25) is 0 Å². The van der Waals surface area contributed by atoms with Crippen molar-refractivity contribution in [1.29, 1.82) is 0 Å². The first-order valence-corrected chi connectivity index (χ1v) is 8.07. The summed E-state index contributed by atoms with van der Waals surface area (Å²) >= 11 is 12.5. The Labute approximate surface area is 137 Å². The average molecular weight is 322 g/mol. The van der Waals surface area contributed by atoms with Crippen LogP contribution in [0, 0.1) is 0 Å². The molecule has 3 heteroatoms. The van der Waals surface area contributed by atoms with E-state index in [1.54, 1.807) is 6.07 Å². The third-order valence-electron chi connectivity index (χ3n) is 4.52. The standard InChI is InChI=1S/C18H21Cl2N/c1-3-18(4-2,13-9-6-5-7-10-13)17(21)14-11-8-12-15(19)16(14)20/h5-12,17H,3-4,21H2,1-2H3. The van der Waals surface area contributed by atoms with Gasteiger partial charge in [0.25, 0.3) is 0 Å². The molecule has 0 aromatic heterocycles. The highest BCUT2D eigenvalue weighted by molar-refractivity contribution is 6.42. The molecular weight excluding hydrogens is 301 g/mol. The van der Waals surface area contributed by atoms with Gasteiger partial charge < -0.3 is 5.73 Å². The topological polar surface area (TPSA) is 26.0 Å². The van der Waals surface area contributed by atoms with E-state index in [4.69, 9.17) is 28.9 Å². The van der Waals surface area contributed by atoms with Gasteiger partial charge in [0.15, 0.2) is 0 Å². The van der Waals surface area contributed by atoms with E-state index in [0.29, 0.717) is 10.0 Å². The lowest BCUT2D eigenvalue weighted by atomic mass is 9.68. The fourth-order valence-corrected chi connectivity index (χ4v) is 3.53. The van der Waals surface area contributed by atoms with Crippen LogP contribution in [0.15, 0.2) is 48.5 Å². The Kier molecular flexibility index (Phi) is 5.32. The Morgan fingerprint density at radius 1 is 0.952 bits per heavy atom. The van der Waals surface area contributed by atoms with E-state index in [9.17, 15) is 0 Å². The van der Waals surface area contributed by atoms with Crippen molar-refractivity contribution in [2.45, 2.75) is 38.1 Å². The Hall–Kier alpha value is -1.02. The Balaban J connectivity index is 2.55. The number of halogens is 2. The summed E-state index contributed by atoms with van der Waals surface area (Å²) in [7, 11) is 0. The molecule has 21 heavy (non-hydrogen) atoms. The van der Waals surface area contributed by atoms with Gasteiger partial charge in [-0.05, 0) is 30.0 Å². The molecule has 0 amide bonds. The molecule has 0 aliphatic rings. The maximum atomic E-state index is 6.65. The van der Waals surface area contributed by atoms with Gasteiger partial charge in [0.05, 0.1) is 10.0 Å². The highest BCUT2D eigenvalue weighted by Crippen LogP contribution is 2.44. The number of rotatable bonds is 5. The van der Waals surface area contributed by atoms with Gasteiger partial charge in [0.1, 0.15) is 0 Å². The molecule has 2 N–H and O–H groups in total. The fourth-order valence-electron chi connectivity index (χ4n) is 3.11. The summed E-state index contributed by atoms with van der Waals surface area (Å²) in [5.41, 5.74) is 8.67. The molecule has 0 saturated heterocycles. The van der Waals surface area contributed by atoms with Crippen LogP contribution in [-0.4, -0.2) is 0 Å². The summed E-state index contributed by atoms with van der Waals surface area (Å²) in [5, 5.41) is 1.12. The summed E-state index contributed by atoms with van der Waals surface area (Å²) in [6.07, 6.45) is 1.88. The molecule has 112 valence electrons. The predicted molar refractivity (Wildman–Crippen MR) is 92.1 cm³/mol. The van der Waals surface area contributed by atoms with Crippen molar-refractivity contribution >= 4 is 23.2 Å². The third-order valence-corrected chi connectivity index (χ3v) is 5.36. The normalized spacial score (nSPS) is 13.2. The minimum atomic E-state index is -0.193. The lowest BCUT2D eigenvalue weighted by Crippen LogP contribution is -2.38. The molecule has 0 fully saturated rings. The number of hydrogen-bond acceptors (Lipinski definition) is 1. The summed E-state index contributed by atoms with van der Waals surface area (Å²) < 4.78 is 0. The van der Waals surface area contributed by atoms with Gasteiger partial charge >= 0.3 is 0 Å². The first-order chi connectivity index (χ1) is 10.1.